The molecular formula is C20H24BrNO3. The van der Waals surface area contributed by atoms with Crippen LogP contribution in [0.5, 0.6) is 17.2 Å². The van der Waals surface area contributed by atoms with Crippen LogP contribution >= 0.6 is 17.0 Å². The van der Waals surface area contributed by atoms with Crippen molar-refractivity contribution in [2.45, 2.75) is 31.7 Å². The lowest BCUT2D eigenvalue weighted by atomic mass is 9.77. The summed E-state index contributed by atoms with van der Waals surface area (Å²) in [6, 6.07) is 11.2. The number of phenolic OH excluding ortho intramolecular Hbond substituents is 3. The molecule has 0 amide bonds. The van der Waals surface area contributed by atoms with E-state index < -0.39 is 0 Å². The van der Waals surface area contributed by atoms with Gasteiger partial charge in [-0.25, -0.2) is 0 Å². The molecule has 4 rings (SSSR count). The number of benzene rings is 2. The standard InChI is InChI=1S/C20H23NO3.BrH/c1-12(15-4-2-3-5-18(15)22)21-10-14-7-6-13-8-19(23)20(24)9-16(13)17(14)11-21;/h2-5,8-9,12,14,17,22-24H,6-7,10-11H2,1H3;1H. The van der Waals surface area contributed by atoms with E-state index in [1.807, 2.05) is 18.2 Å². The average molecular weight is 406 g/mol. The van der Waals surface area contributed by atoms with E-state index in [1.165, 1.54) is 5.56 Å². The summed E-state index contributed by atoms with van der Waals surface area (Å²) in [5, 5.41) is 29.8. The molecule has 2 aromatic carbocycles. The Morgan fingerprint density at radius 2 is 1.72 bits per heavy atom. The Labute approximate surface area is 158 Å². The van der Waals surface area contributed by atoms with Gasteiger partial charge in [-0.3, -0.25) is 4.90 Å². The SMILES string of the molecule is Br.CC(c1ccccc1O)N1CC2CCc3cc(O)c(O)cc3C2C1. The summed E-state index contributed by atoms with van der Waals surface area (Å²) in [4.78, 5) is 2.42. The molecule has 0 bridgehead atoms. The largest absolute Gasteiger partial charge is 0.508 e. The van der Waals surface area contributed by atoms with E-state index in [0.717, 1.165) is 37.1 Å². The maximum atomic E-state index is 10.1. The fourth-order valence-corrected chi connectivity index (χ4v) is 4.44. The highest BCUT2D eigenvalue weighted by molar-refractivity contribution is 8.93. The van der Waals surface area contributed by atoms with Gasteiger partial charge in [0.15, 0.2) is 11.5 Å². The van der Waals surface area contributed by atoms with Crippen LogP contribution in [0.3, 0.4) is 0 Å². The number of aromatic hydroxyl groups is 3. The minimum absolute atomic E-state index is 0. The maximum Gasteiger partial charge on any atom is 0.157 e. The third-order valence-electron chi connectivity index (χ3n) is 5.82. The summed E-state index contributed by atoms with van der Waals surface area (Å²) in [7, 11) is 0. The molecule has 1 aliphatic carbocycles. The van der Waals surface area contributed by atoms with E-state index in [4.69, 9.17) is 0 Å². The summed E-state index contributed by atoms with van der Waals surface area (Å²) >= 11 is 0. The van der Waals surface area contributed by atoms with Crippen molar-refractivity contribution in [3.63, 3.8) is 0 Å². The zero-order valence-electron chi connectivity index (χ0n) is 14.2. The molecule has 0 saturated carbocycles. The predicted octanol–water partition coefficient (Wildman–Crippen LogP) is 4.10. The van der Waals surface area contributed by atoms with Crippen molar-refractivity contribution in [2.24, 2.45) is 5.92 Å². The first-order valence-corrected chi connectivity index (χ1v) is 8.61. The minimum Gasteiger partial charge on any atom is -0.508 e. The monoisotopic (exact) mass is 405 g/mol. The number of hydrogen-bond donors (Lipinski definition) is 3. The average Bonchev–Trinajstić information content (AvgIpc) is 3.00. The topological polar surface area (TPSA) is 63.9 Å². The maximum absolute atomic E-state index is 10.1. The van der Waals surface area contributed by atoms with Crippen LogP contribution in [-0.2, 0) is 6.42 Å². The smallest absolute Gasteiger partial charge is 0.157 e. The van der Waals surface area contributed by atoms with Gasteiger partial charge in [0.25, 0.3) is 0 Å². The van der Waals surface area contributed by atoms with E-state index in [0.29, 0.717) is 17.6 Å². The Balaban J connectivity index is 0.00000182. The van der Waals surface area contributed by atoms with Crippen LogP contribution in [0.15, 0.2) is 36.4 Å². The molecule has 134 valence electrons. The van der Waals surface area contributed by atoms with Gasteiger partial charge in [0, 0.05) is 30.6 Å². The highest BCUT2D eigenvalue weighted by Crippen LogP contribution is 2.46. The minimum atomic E-state index is -0.0263. The lowest BCUT2D eigenvalue weighted by molar-refractivity contribution is 0.246. The summed E-state index contributed by atoms with van der Waals surface area (Å²) < 4.78 is 0. The summed E-state index contributed by atoms with van der Waals surface area (Å²) in [6.07, 6.45) is 2.05. The Morgan fingerprint density at radius 3 is 2.48 bits per heavy atom. The molecule has 3 N–H and O–H groups in total. The molecule has 5 heteroatoms. The van der Waals surface area contributed by atoms with Crippen LogP contribution < -0.4 is 0 Å². The molecule has 1 saturated heterocycles. The number of halogens is 1. The van der Waals surface area contributed by atoms with E-state index in [-0.39, 0.29) is 34.5 Å². The van der Waals surface area contributed by atoms with Gasteiger partial charge in [0.05, 0.1) is 0 Å². The molecule has 1 aliphatic heterocycles. The Bertz CT molecular complexity index is 780. The number of rotatable bonds is 2. The number of likely N-dealkylation sites (tertiary alicyclic amines) is 1. The van der Waals surface area contributed by atoms with Crippen molar-refractivity contribution in [3.8, 4) is 17.2 Å². The van der Waals surface area contributed by atoms with Crippen LogP contribution in [0, 0.1) is 5.92 Å². The second kappa shape index (κ2) is 6.89. The normalized spacial score (nSPS) is 23.4. The second-order valence-electron chi connectivity index (χ2n) is 7.13. The number of phenols is 3. The molecule has 3 unspecified atom stereocenters. The fourth-order valence-electron chi connectivity index (χ4n) is 4.44. The van der Waals surface area contributed by atoms with Crippen LogP contribution in [-0.4, -0.2) is 33.3 Å². The highest BCUT2D eigenvalue weighted by atomic mass is 79.9. The number of aryl methyl sites for hydroxylation is 1. The highest BCUT2D eigenvalue weighted by Gasteiger charge is 2.39. The van der Waals surface area contributed by atoms with Crippen molar-refractivity contribution < 1.29 is 15.3 Å². The van der Waals surface area contributed by atoms with Gasteiger partial charge in [-0.05, 0) is 55.0 Å². The number of fused-ring (bicyclic) bond motifs is 3. The van der Waals surface area contributed by atoms with Gasteiger partial charge < -0.3 is 15.3 Å². The molecule has 2 aliphatic rings. The van der Waals surface area contributed by atoms with E-state index >= 15 is 0 Å². The molecule has 3 atom stereocenters. The van der Waals surface area contributed by atoms with Crippen molar-refractivity contribution in [1.29, 1.82) is 0 Å². The van der Waals surface area contributed by atoms with E-state index in [9.17, 15) is 15.3 Å². The Hall–Kier alpha value is -1.72. The quantitative estimate of drug-likeness (QED) is 0.657. The van der Waals surface area contributed by atoms with Crippen LogP contribution in [0.2, 0.25) is 0 Å². The van der Waals surface area contributed by atoms with Crippen LogP contribution in [0.25, 0.3) is 0 Å². The van der Waals surface area contributed by atoms with Crippen LogP contribution in [0.1, 0.15) is 42.0 Å². The fraction of sp³-hybridized carbons (Fsp3) is 0.400. The van der Waals surface area contributed by atoms with Crippen LogP contribution in [0.4, 0.5) is 0 Å². The van der Waals surface area contributed by atoms with E-state index in [1.54, 1.807) is 18.2 Å². The zero-order chi connectivity index (χ0) is 16.8. The van der Waals surface area contributed by atoms with Gasteiger partial charge in [-0.2, -0.15) is 0 Å². The van der Waals surface area contributed by atoms with E-state index in [2.05, 4.69) is 11.8 Å². The number of nitrogens with zero attached hydrogens (tertiary/aromatic N) is 1. The number of hydrogen-bond acceptors (Lipinski definition) is 4. The molecule has 2 aromatic rings. The summed E-state index contributed by atoms with van der Waals surface area (Å²) in [6.45, 7) is 4.06. The molecule has 0 radical (unpaired) electrons. The second-order valence-corrected chi connectivity index (χ2v) is 7.13. The number of para-hydroxylation sites is 1. The van der Waals surface area contributed by atoms with Crippen molar-refractivity contribution in [3.05, 3.63) is 53.1 Å². The molecular weight excluding hydrogens is 382 g/mol. The first kappa shape index (κ1) is 18.1. The van der Waals surface area contributed by atoms with Crippen molar-refractivity contribution >= 4 is 17.0 Å². The summed E-state index contributed by atoms with van der Waals surface area (Å²) in [5.41, 5.74) is 3.29. The lowest BCUT2D eigenvalue weighted by Gasteiger charge is -2.27. The lowest BCUT2D eigenvalue weighted by Crippen LogP contribution is -2.24. The van der Waals surface area contributed by atoms with Crippen molar-refractivity contribution in [1.82, 2.24) is 4.90 Å². The van der Waals surface area contributed by atoms with Gasteiger partial charge in [0.2, 0.25) is 0 Å². The molecule has 25 heavy (non-hydrogen) atoms. The Kier molecular flexibility index (Phi) is 4.98. The first-order chi connectivity index (χ1) is 11.5. The Morgan fingerprint density at radius 1 is 1.00 bits per heavy atom. The third-order valence-corrected chi connectivity index (χ3v) is 5.82. The molecule has 0 aromatic heterocycles. The summed E-state index contributed by atoms with van der Waals surface area (Å²) in [5.74, 6) is 1.25. The third kappa shape index (κ3) is 3.11. The first-order valence-electron chi connectivity index (χ1n) is 8.61. The van der Waals surface area contributed by atoms with Gasteiger partial charge >= 0.3 is 0 Å². The molecule has 0 spiro atoms. The van der Waals surface area contributed by atoms with Gasteiger partial charge in [-0.1, -0.05) is 18.2 Å². The van der Waals surface area contributed by atoms with Gasteiger partial charge in [-0.15, -0.1) is 17.0 Å². The molecule has 4 nitrogen and oxygen atoms in total. The predicted molar refractivity (Wildman–Crippen MR) is 103 cm³/mol. The van der Waals surface area contributed by atoms with Crippen molar-refractivity contribution in [2.75, 3.05) is 13.1 Å². The zero-order valence-corrected chi connectivity index (χ0v) is 15.9. The molecule has 1 fully saturated rings. The van der Waals surface area contributed by atoms with Gasteiger partial charge in [0.1, 0.15) is 5.75 Å². The molecule has 1 heterocycles.